The molecule has 1 N–H and O–H groups in total. The molecule has 1 aromatic carbocycles. The van der Waals surface area contributed by atoms with E-state index in [9.17, 15) is 9.00 Å². The molecule has 0 saturated carbocycles. The summed E-state index contributed by atoms with van der Waals surface area (Å²) < 4.78 is 11.5. The van der Waals surface area contributed by atoms with Gasteiger partial charge < -0.3 is 5.11 Å². The first-order valence-corrected chi connectivity index (χ1v) is 7.42. The van der Waals surface area contributed by atoms with Gasteiger partial charge in [0.2, 0.25) is 0 Å². The van der Waals surface area contributed by atoms with E-state index in [2.05, 4.69) is 6.07 Å². The van der Waals surface area contributed by atoms with Gasteiger partial charge in [0, 0.05) is 33.1 Å². The van der Waals surface area contributed by atoms with Gasteiger partial charge in [-0.25, -0.2) is 0 Å². The number of hydrogen-bond acceptors (Lipinski definition) is 3. The lowest BCUT2D eigenvalue weighted by Crippen LogP contribution is -2.16. The first kappa shape index (κ1) is 11.7. The molecular formula is C11H12O3S2. The molecule has 0 saturated heterocycles. The molecule has 5 heteroatoms. The SMILES string of the molecule is O=C(O)CS(=O)CC1CSc2ccccc21. The van der Waals surface area contributed by atoms with E-state index in [0.717, 1.165) is 5.75 Å². The first-order chi connectivity index (χ1) is 7.66. The fraction of sp³-hybridized carbons (Fsp3) is 0.364. The van der Waals surface area contributed by atoms with Gasteiger partial charge in [0.15, 0.2) is 0 Å². The van der Waals surface area contributed by atoms with Gasteiger partial charge in [-0.2, -0.15) is 0 Å². The third kappa shape index (κ3) is 2.65. The molecule has 0 spiro atoms. The summed E-state index contributed by atoms with van der Waals surface area (Å²) >= 11 is 1.75. The van der Waals surface area contributed by atoms with Crippen LogP contribution in [0.3, 0.4) is 0 Å². The molecule has 1 aliphatic rings. The normalized spacial score (nSPS) is 20.4. The van der Waals surface area contributed by atoms with E-state index in [-0.39, 0.29) is 11.7 Å². The predicted molar refractivity (Wildman–Crippen MR) is 65.4 cm³/mol. The van der Waals surface area contributed by atoms with Gasteiger partial charge in [0.25, 0.3) is 0 Å². The molecule has 2 atom stereocenters. The summed E-state index contributed by atoms with van der Waals surface area (Å²) in [5.74, 6) is 0.364. The molecule has 86 valence electrons. The molecule has 2 rings (SSSR count). The second-order valence-corrected chi connectivity index (χ2v) is 6.25. The highest BCUT2D eigenvalue weighted by molar-refractivity contribution is 7.99. The van der Waals surface area contributed by atoms with Crippen molar-refractivity contribution in [1.29, 1.82) is 0 Å². The Hall–Kier alpha value is -0.810. The predicted octanol–water partition coefficient (Wildman–Crippen LogP) is 1.71. The van der Waals surface area contributed by atoms with Crippen LogP contribution in [0.4, 0.5) is 0 Å². The van der Waals surface area contributed by atoms with Crippen LogP contribution in [0.15, 0.2) is 29.2 Å². The summed E-state index contributed by atoms with van der Waals surface area (Å²) in [7, 11) is -1.26. The van der Waals surface area contributed by atoms with E-state index in [4.69, 9.17) is 5.11 Å². The number of fused-ring (bicyclic) bond motifs is 1. The van der Waals surface area contributed by atoms with Crippen molar-refractivity contribution >= 4 is 28.5 Å². The second kappa shape index (κ2) is 5.01. The van der Waals surface area contributed by atoms with Crippen LogP contribution >= 0.6 is 11.8 Å². The third-order valence-electron chi connectivity index (χ3n) is 2.47. The van der Waals surface area contributed by atoms with Crippen molar-refractivity contribution in [2.24, 2.45) is 0 Å². The average Bonchev–Trinajstić information content (AvgIpc) is 2.61. The van der Waals surface area contributed by atoms with Crippen molar-refractivity contribution in [2.75, 3.05) is 17.3 Å². The van der Waals surface area contributed by atoms with Gasteiger partial charge in [-0.15, -0.1) is 11.8 Å². The van der Waals surface area contributed by atoms with Gasteiger partial charge in [-0.05, 0) is 11.6 Å². The molecule has 0 amide bonds. The van der Waals surface area contributed by atoms with Crippen molar-refractivity contribution in [2.45, 2.75) is 10.8 Å². The molecule has 0 aliphatic carbocycles. The number of aliphatic carboxylic acids is 1. The topological polar surface area (TPSA) is 54.4 Å². The molecule has 0 bridgehead atoms. The average molecular weight is 256 g/mol. The lowest BCUT2D eigenvalue weighted by Gasteiger charge is -2.08. The molecule has 2 unspecified atom stereocenters. The fourth-order valence-corrected chi connectivity index (χ4v) is 4.33. The van der Waals surface area contributed by atoms with Gasteiger partial charge in [-0.1, -0.05) is 18.2 Å². The lowest BCUT2D eigenvalue weighted by atomic mass is 10.0. The summed E-state index contributed by atoms with van der Waals surface area (Å²) in [6.45, 7) is 0. The minimum Gasteiger partial charge on any atom is -0.481 e. The van der Waals surface area contributed by atoms with Crippen molar-refractivity contribution < 1.29 is 14.1 Å². The number of hydrogen-bond donors (Lipinski definition) is 1. The zero-order valence-electron chi connectivity index (χ0n) is 8.59. The molecule has 0 aromatic heterocycles. The number of thioether (sulfide) groups is 1. The van der Waals surface area contributed by atoms with Crippen molar-refractivity contribution in [3.63, 3.8) is 0 Å². The van der Waals surface area contributed by atoms with E-state index in [1.54, 1.807) is 11.8 Å². The zero-order valence-corrected chi connectivity index (χ0v) is 10.2. The van der Waals surface area contributed by atoms with E-state index in [0.29, 0.717) is 5.75 Å². The molecule has 1 aliphatic heterocycles. The first-order valence-electron chi connectivity index (χ1n) is 4.95. The van der Waals surface area contributed by atoms with Gasteiger partial charge >= 0.3 is 5.97 Å². The Labute approximate surface area is 101 Å². The highest BCUT2D eigenvalue weighted by Gasteiger charge is 2.24. The largest absolute Gasteiger partial charge is 0.481 e. The van der Waals surface area contributed by atoms with E-state index in [1.165, 1.54) is 10.5 Å². The molecule has 1 heterocycles. The van der Waals surface area contributed by atoms with Crippen molar-refractivity contribution in [1.82, 2.24) is 0 Å². The Morgan fingerprint density at radius 2 is 2.25 bits per heavy atom. The quantitative estimate of drug-likeness (QED) is 0.891. The maximum Gasteiger partial charge on any atom is 0.316 e. The third-order valence-corrected chi connectivity index (χ3v) is 5.07. The Morgan fingerprint density at radius 1 is 1.50 bits per heavy atom. The van der Waals surface area contributed by atoms with Crippen molar-refractivity contribution in [3.8, 4) is 0 Å². The summed E-state index contributed by atoms with van der Waals surface area (Å²) in [4.78, 5) is 11.7. The van der Waals surface area contributed by atoms with Crippen LogP contribution in [0.25, 0.3) is 0 Å². The maximum absolute atomic E-state index is 11.5. The number of carboxylic acid groups (broad SMARTS) is 1. The highest BCUT2D eigenvalue weighted by atomic mass is 32.2. The molecule has 3 nitrogen and oxygen atoms in total. The van der Waals surface area contributed by atoms with Crippen LogP contribution in [0.5, 0.6) is 0 Å². The van der Waals surface area contributed by atoms with Gasteiger partial charge in [0.1, 0.15) is 5.75 Å². The van der Waals surface area contributed by atoms with Crippen LogP contribution in [0, 0.1) is 0 Å². The van der Waals surface area contributed by atoms with Crippen LogP contribution in [0.1, 0.15) is 11.5 Å². The van der Waals surface area contributed by atoms with E-state index >= 15 is 0 Å². The number of carbonyl (C=O) groups is 1. The van der Waals surface area contributed by atoms with Crippen LogP contribution in [-0.4, -0.2) is 32.5 Å². The zero-order chi connectivity index (χ0) is 11.5. The second-order valence-electron chi connectivity index (χ2n) is 3.69. The van der Waals surface area contributed by atoms with E-state index in [1.807, 2.05) is 18.2 Å². The minimum atomic E-state index is -1.26. The molecule has 1 aromatic rings. The Kier molecular flexibility index (Phi) is 3.66. The Bertz CT molecular complexity index is 431. The lowest BCUT2D eigenvalue weighted by molar-refractivity contribution is -0.133. The Balaban J connectivity index is 2.03. The minimum absolute atomic E-state index is 0.237. The number of carboxylic acids is 1. The van der Waals surface area contributed by atoms with Gasteiger partial charge in [0.05, 0.1) is 0 Å². The molecule has 0 radical (unpaired) electrons. The van der Waals surface area contributed by atoms with Crippen molar-refractivity contribution in [3.05, 3.63) is 29.8 Å². The standard InChI is InChI=1S/C11H12O3S2/c12-11(13)7-16(14)6-8-5-15-10-4-2-1-3-9(8)10/h1-4,8H,5-7H2,(H,12,13). The Morgan fingerprint density at radius 3 is 3.00 bits per heavy atom. The highest BCUT2D eigenvalue weighted by Crippen LogP contribution is 2.39. The van der Waals surface area contributed by atoms with Crippen LogP contribution < -0.4 is 0 Å². The van der Waals surface area contributed by atoms with E-state index < -0.39 is 16.8 Å². The van der Waals surface area contributed by atoms with Crippen LogP contribution in [0.2, 0.25) is 0 Å². The van der Waals surface area contributed by atoms with Gasteiger partial charge in [-0.3, -0.25) is 9.00 Å². The maximum atomic E-state index is 11.5. The molecule has 0 fully saturated rings. The van der Waals surface area contributed by atoms with Crippen LogP contribution in [-0.2, 0) is 15.6 Å². The number of rotatable bonds is 4. The summed E-state index contributed by atoms with van der Waals surface area (Å²) in [6, 6.07) is 8.05. The fourth-order valence-electron chi connectivity index (χ4n) is 1.79. The number of benzene rings is 1. The summed E-state index contributed by atoms with van der Waals surface area (Å²) in [5, 5.41) is 8.55. The monoisotopic (exact) mass is 256 g/mol. The smallest absolute Gasteiger partial charge is 0.316 e. The molecular weight excluding hydrogens is 244 g/mol. The summed E-state index contributed by atoms with van der Waals surface area (Å²) in [6.07, 6.45) is 0. The summed E-state index contributed by atoms with van der Waals surface area (Å²) in [5.41, 5.74) is 1.21. The molecule has 16 heavy (non-hydrogen) atoms.